The predicted octanol–water partition coefficient (Wildman–Crippen LogP) is 11.4. The van der Waals surface area contributed by atoms with Gasteiger partial charge in [0.2, 0.25) is 0 Å². The van der Waals surface area contributed by atoms with Crippen molar-refractivity contribution >= 4 is 24.8 Å². The summed E-state index contributed by atoms with van der Waals surface area (Å²) in [5.41, 5.74) is 0. The molecule has 0 unspecified atom stereocenters. The smallest absolute Gasteiger partial charge is 0 e. The van der Waals surface area contributed by atoms with Crippen LogP contribution in [0.5, 0.6) is 0 Å². The van der Waals surface area contributed by atoms with Crippen molar-refractivity contribution in [1.29, 1.82) is 0 Å². The van der Waals surface area contributed by atoms with E-state index in [0.717, 1.165) is 13.0 Å². The minimum absolute atomic E-state index is 0. The number of rotatable bonds is 19. The topological polar surface area (TPSA) is 3.24 Å². The maximum absolute atomic E-state index is 4.11. The Morgan fingerprint density at radius 2 is 0.971 bits per heavy atom. The minimum atomic E-state index is 0. The van der Waals surface area contributed by atoms with E-state index in [-0.39, 0.29) is 76.2 Å². The fraction of sp³-hybridized carbons (Fsp3) is 0.710. The van der Waals surface area contributed by atoms with E-state index in [1.165, 1.54) is 116 Å². The molecule has 0 amide bonds. The van der Waals surface area contributed by atoms with Crippen molar-refractivity contribution in [3.8, 4) is 0 Å². The Bertz CT molecular complexity index is 319. The summed E-state index contributed by atoms with van der Waals surface area (Å²) in [4.78, 5) is 2.56. The van der Waals surface area contributed by atoms with Crippen molar-refractivity contribution in [3.05, 3.63) is 60.9 Å². The van der Waals surface area contributed by atoms with Gasteiger partial charge < -0.3 is 41.5 Å². The molecule has 0 saturated carbocycles. The van der Waals surface area contributed by atoms with Gasteiger partial charge in [0.25, 0.3) is 0 Å². The van der Waals surface area contributed by atoms with Crippen molar-refractivity contribution < 1.29 is 21.7 Å². The molecule has 0 bridgehead atoms. The normalized spacial score (nSPS) is 10.1. The number of unbranched alkanes of at least 4 members (excludes halogenated alkanes) is 14. The van der Waals surface area contributed by atoms with Gasteiger partial charge in [-0.25, -0.2) is 12.2 Å². The zero-order valence-corrected chi connectivity index (χ0v) is 28.0. The second-order valence-corrected chi connectivity index (χ2v) is 8.29. The molecule has 1 aliphatic carbocycles. The van der Waals surface area contributed by atoms with E-state index in [9.17, 15) is 0 Å². The zero-order valence-electron chi connectivity index (χ0n) is 24.8. The summed E-state index contributed by atoms with van der Waals surface area (Å²) in [6, 6.07) is 0. The van der Waals surface area contributed by atoms with Crippen LogP contribution >= 0.6 is 24.8 Å². The molecule has 4 heteroatoms. The van der Waals surface area contributed by atoms with Crippen LogP contribution in [0.15, 0.2) is 18.2 Å². The summed E-state index contributed by atoms with van der Waals surface area (Å²) in [5, 5.41) is 0. The summed E-state index contributed by atoms with van der Waals surface area (Å²) in [5.74, 6) is 0. The van der Waals surface area contributed by atoms with Gasteiger partial charge >= 0.3 is 0 Å². The van der Waals surface area contributed by atoms with Crippen LogP contribution in [-0.4, -0.2) is 24.5 Å². The van der Waals surface area contributed by atoms with Gasteiger partial charge in [-0.05, 0) is 25.9 Å². The molecule has 1 nitrogen and oxygen atoms in total. The van der Waals surface area contributed by atoms with Gasteiger partial charge in [-0.3, -0.25) is 6.08 Å². The maximum atomic E-state index is 4.11. The average Bonchev–Trinajstić information content (AvgIpc) is 3.30. The van der Waals surface area contributed by atoms with Crippen LogP contribution in [0.2, 0.25) is 0 Å². The molecule has 1 aliphatic rings. The maximum Gasteiger partial charge on any atom is 0 e. The molecule has 0 aliphatic heterocycles. The van der Waals surface area contributed by atoms with Crippen LogP contribution in [-0.2, 0) is 21.7 Å². The van der Waals surface area contributed by atoms with Crippen molar-refractivity contribution in [1.82, 2.24) is 4.90 Å². The third-order valence-electron chi connectivity index (χ3n) is 5.56. The van der Waals surface area contributed by atoms with Gasteiger partial charge in [0.05, 0.1) is 0 Å². The van der Waals surface area contributed by atoms with Crippen LogP contribution in [0.25, 0.3) is 0 Å². The molecule has 1 rings (SSSR count). The van der Waals surface area contributed by atoms with E-state index in [1.54, 1.807) is 0 Å². The van der Waals surface area contributed by atoms with Gasteiger partial charge in [-0.1, -0.05) is 104 Å². The molecule has 218 valence electrons. The first-order valence-corrected chi connectivity index (χ1v) is 12.6. The third-order valence-corrected chi connectivity index (χ3v) is 5.56. The van der Waals surface area contributed by atoms with Gasteiger partial charge in [-0.15, -0.1) is 37.8 Å². The monoisotopic (exact) mass is 569 g/mol. The fourth-order valence-corrected chi connectivity index (χ4v) is 3.61. The summed E-state index contributed by atoms with van der Waals surface area (Å²) < 4.78 is 0. The van der Waals surface area contributed by atoms with E-state index in [0.29, 0.717) is 0 Å². The molecule has 0 saturated heterocycles. The first kappa shape index (κ1) is 56.0. The molecular weight excluding hydrogens is 505 g/mol. The van der Waals surface area contributed by atoms with E-state index in [1.807, 2.05) is 12.2 Å². The zero-order chi connectivity index (χ0) is 20.5. The molecule has 0 spiro atoms. The SMILES string of the molecule is Cl.Cl.[C-]1=CC=CC1.[CH2-]CN(CCCCCCCCCC)CCCCCCCCCC.[CH3-].[CH3-].[CH3-].[CH3-].[Ti]. The molecule has 0 aromatic carbocycles. The fourth-order valence-electron chi connectivity index (χ4n) is 3.61. The van der Waals surface area contributed by atoms with Crippen molar-refractivity contribution in [2.45, 2.75) is 123 Å². The molecule has 0 aromatic rings. The number of hydrogen-bond acceptors (Lipinski definition) is 1. The Hall–Kier alpha value is 0.734. The van der Waals surface area contributed by atoms with Gasteiger partial charge in [-0.2, -0.15) is 6.08 Å². The van der Waals surface area contributed by atoms with Crippen molar-refractivity contribution in [2.24, 2.45) is 0 Å². The summed E-state index contributed by atoms with van der Waals surface area (Å²) in [7, 11) is 0. The summed E-state index contributed by atoms with van der Waals surface area (Å²) in [6.07, 6.45) is 32.7. The van der Waals surface area contributed by atoms with Crippen LogP contribution in [0.3, 0.4) is 0 Å². The molecule has 0 aromatic heterocycles. The number of nitrogens with zero attached hydrogens (tertiary/aromatic N) is 1. The van der Waals surface area contributed by atoms with E-state index < -0.39 is 0 Å². The second kappa shape index (κ2) is 51.4. The Labute approximate surface area is 253 Å². The van der Waals surface area contributed by atoms with Crippen LogP contribution < -0.4 is 0 Å². The summed E-state index contributed by atoms with van der Waals surface area (Å²) in [6.45, 7) is 12.2. The predicted molar refractivity (Wildman–Crippen MR) is 169 cm³/mol. The molecule has 0 fully saturated rings. The standard InChI is InChI=1S/C22H46N.C5H5.4CH3.2ClH.Ti/c1-4-7-9-11-13-15-17-19-21-23(6-3)22-20-18-16-14-12-10-8-5-2;1-2-4-5-3-1;;;;;;;/h3-22H2,1-2H3;1-3H,4H2;4*1H3;2*1H;/q6*-1;;;. The van der Waals surface area contributed by atoms with Crippen LogP contribution in [0.4, 0.5) is 0 Å². The Balaban J connectivity index is -0.0000000900. The van der Waals surface area contributed by atoms with Crippen molar-refractivity contribution in [2.75, 3.05) is 19.6 Å². The molecule has 0 radical (unpaired) electrons. The summed E-state index contributed by atoms with van der Waals surface area (Å²) >= 11 is 0. The molecular formula is C31H65Cl2NTi-6. The van der Waals surface area contributed by atoms with Gasteiger partial charge in [0, 0.05) is 21.7 Å². The first-order valence-electron chi connectivity index (χ1n) is 12.6. The van der Waals surface area contributed by atoms with E-state index in [2.05, 4.69) is 37.8 Å². The molecule has 0 atom stereocenters. The van der Waals surface area contributed by atoms with Gasteiger partial charge in [0.1, 0.15) is 0 Å². The van der Waals surface area contributed by atoms with Crippen molar-refractivity contribution in [3.63, 3.8) is 0 Å². The molecule has 35 heavy (non-hydrogen) atoms. The quantitative estimate of drug-likeness (QED) is 0.0848. The van der Waals surface area contributed by atoms with E-state index >= 15 is 0 Å². The Morgan fingerprint density at radius 1 is 0.629 bits per heavy atom. The molecule has 0 N–H and O–H groups in total. The van der Waals surface area contributed by atoms with Crippen LogP contribution in [0.1, 0.15) is 123 Å². The van der Waals surface area contributed by atoms with E-state index in [4.69, 9.17) is 0 Å². The Morgan fingerprint density at radius 3 is 1.20 bits per heavy atom. The third kappa shape index (κ3) is 48.4. The number of halogens is 2. The van der Waals surface area contributed by atoms with Gasteiger partial charge in [0.15, 0.2) is 0 Å². The average molecular weight is 571 g/mol. The largest absolute Gasteiger partial charge is 0.358 e. The molecule has 0 heterocycles. The Kier molecular flexibility index (Phi) is 82.3. The van der Waals surface area contributed by atoms with Crippen LogP contribution in [0, 0.1) is 42.7 Å². The second-order valence-electron chi connectivity index (χ2n) is 8.29. The first-order chi connectivity index (χ1) is 13.8. The number of allylic oxidation sites excluding steroid dienone is 4. The minimum Gasteiger partial charge on any atom is -0.358 e. The number of hydrogen-bond donors (Lipinski definition) is 0.